The van der Waals surface area contributed by atoms with Gasteiger partial charge in [0.05, 0.1) is 10.5 Å². The normalized spacial score (nSPS) is 12.5. The topological polar surface area (TPSA) is 75.4 Å². The van der Waals surface area contributed by atoms with E-state index in [1.165, 1.54) is 12.1 Å². The molecule has 1 aromatic rings. The third kappa shape index (κ3) is 4.29. The van der Waals surface area contributed by atoms with E-state index < -0.39 is 16.1 Å². The van der Waals surface area contributed by atoms with Gasteiger partial charge in [0.2, 0.25) is 0 Å². The maximum atomic E-state index is 10.5. The first-order valence-electron chi connectivity index (χ1n) is 6.34. The molecule has 0 atom stereocenters. The summed E-state index contributed by atoms with van der Waals surface area (Å²) < 4.78 is 0. The molecule has 1 rings (SSSR count). The lowest BCUT2D eigenvalue weighted by Crippen LogP contribution is -2.56. The third-order valence-corrected chi connectivity index (χ3v) is 3.66. The van der Waals surface area contributed by atoms with Gasteiger partial charge in [-0.3, -0.25) is 10.1 Å². The second-order valence-electron chi connectivity index (χ2n) is 5.78. The first-order valence-corrected chi connectivity index (χ1v) is 6.34. The highest BCUT2D eigenvalue weighted by Crippen LogP contribution is 2.20. The quantitative estimate of drug-likeness (QED) is 0.612. The molecule has 0 saturated carbocycles. The smallest absolute Gasteiger partial charge is 0.269 e. The Balaban J connectivity index is 2.52. The lowest BCUT2D eigenvalue weighted by molar-refractivity contribution is -0.384. The number of hydrogen-bond acceptors (Lipinski definition) is 4. The largest absolute Gasteiger partial charge is 0.389 e. The lowest BCUT2D eigenvalue weighted by Gasteiger charge is -2.38. The molecular weight excluding hydrogens is 244 g/mol. The van der Waals surface area contributed by atoms with Crippen LogP contribution in [0.1, 0.15) is 33.3 Å². The Labute approximate surface area is 113 Å². The zero-order valence-electron chi connectivity index (χ0n) is 11.9. The van der Waals surface area contributed by atoms with E-state index in [0.29, 0.717) is 6.54 Å². The van der Waals surface area contributed by atoms with Crippen molar-refractivity contribution in [3.05, 3.63) is 39.9 Å². The van der Waals surface area contributed by atoms with Crippen LogP contribution in [0.4, 0.5) is 5.69 Å². The fraction of sp³-hybridized carbons (Fsp3) is 0.571. The molecule has 0 aliphatic heterocycles. The fourth-order valence-corrected chi connectivity index (χ4v) is 1.52. The number of non-ortho nitro benzene ring substituents is 1. The van der Waals surface area contributed by atoms with Crippen LogP contribution >= 0.6 is 0 Å². The Kier molecular flexibility index (Phi) is 4.66. The van der Waals surface area contributed by atoms with Crippen LogP contribution in [-0.2, 0) is 6.42 Å². The summed E-state index contributed by atoms with van der Waals surface area (Å²) in [4.78, 5) is 10.1. The highest BCUT2D eigenvalue weighted by molar-refractivity contribution is 5.32. The number of nitrogens with one attached hydrogen (secondary N) is 1. The molecule has 1 aromatic carbocycles. The predicted octanol–water partition coefficient (Wildman–Crippen LogP) is 2.28. The number of nitro groups is 1. The Hall–Kier alpha value is -1.46. The molecule has 19 heavy (non-hydrogen) atoms. The number of hydrogen-bond donors (Lipinski definition) is 2. The van der Waals surface area contributed by atoms with Crippen LogP contribution < -0.4 is 5.32 Å². The van der Waals surface area contributed by atoms with Crippen molar-refractivity contribution in [1.29, 1.82) is 0 Å². The summed E-state index contributed by atoms with van der Waals surface area (Å²) in [6, 6.07) is 6.54. The minimum absolute atomic E-state index is 0.105. The molecule has 5 nitrogen and oxygen atoms in total. The van der Waals surface area contributed by atoms with Crippen LogP contribution in [0.2, 0.25) is 0 Å². The molecule has 0 aliphatic rings. The van der Waals surface area contributed by atoms with Gasteiger partial charge in [-0.15, -0.1) is 0 Å². The van der Waals surface area contributed by atoms with E-state index in [-0.39, 0.29) is 5.69 Å². The van der Waals surface area contributed by atoms with Crippen molar-refractivity contribution in [1.82, 2.24) is 5.32 Å². The lowest BCUT2D eigenvalue weighted by atomic mass is 9.86. The van der Waals surface area contributed by atoms with Gasteiger partial charge in [-0.25, -0.2) is 0 Å². The van der Waals surface area contributed by atoms with Crippen molar-refractivity contribution in [2.45, 2.75) is 45.3 Å². The Morgan fingerprint density at radius 2 is 1.74 bits per heavy atom. The first-order chi connectivity index (χ1) is 8.63. The summed E-state index contributed by atoms with van der Waals surface area (Å²) in [5, 5.41) is 23.8. The average Bonchev–Trinajstić information content (AvgIpc) is 2.28. The van der Waals surface area contributed by atoms with Gasteiger partial charge in [-0.2, -0.15) is 0 Å². The van der Waals surface area contributed by atoms with Gasteiger partial charge in [-0.1, -0.05) is 12.1 Å². The van der Waals surface area contributed by atoms with Crippen molar-refractivity contribution in [3.63, 3.8) is 0 Å². The second-order valence-corrected chi connectivity index (χ2v) is 5.78. The maximum Gasteiger partial charge on any atom is 0.269 e. The first kappa shape index (κ1) is 15.6. The fourth-order valence-electron chi connectivity index (χ4n) is 1.52. The molecule has 106 valence electrons. The van der Waals surface area contributed by atoms with Crippen molar-refractivity contribution >= 4 is 5.69 Å². The molecule has 0 aromatic heterocycles. The molecule has 0 amide bonds. The van der Waals surface area contributed by atoms with E-state index in [0.717, 1.165) is 12.0 Å². The van der Waals surface area contributed by atoms with Gasteiger partial charge in [0.15, 0.2) is 0 Å². The zero-order chi connectivity index (χ0) is 14.7. The minimum atomic E-state index is -0.817. The van der Waals surface area contributed by atoms with Gasteiger partial charge in [0, 0.05) is 17.7 Å². The van der Waals surface area contributed by atoms with Crippen molar-refractivity contribution in [2.24, 2.45) is 0 Å². The monoisotopic (exact) mass is 266 g/mol. The number of nitro benzene ring substituents is 1. The summed E-state index contributed by atoms with van der Waals surface area (Å²) in [6.07, 6.45) is 0.761. The molecule has 0 fully saturated rings. The average molecular weight is 266 g/mol. The molecule has 0 radical (unpaired) electrons. The van der Waals surface area contributed by atoms with Gasteiger partial charge >= 0.3 is 0 Å². The number of rotatable bonds is 6. The van der Waals surface area contributed by atoms with E-state index >= 15 is 0 Å². The van der Waals surface area contributed by atoms with E-state index in [4.69, 9.17) is 0 Å². The number of aliphatic hydroxyl groups is 1. The van der Waals surface area contributed by atoms with Crippen molar-refractivity contribution in [2.75, 3.05) is 6.54 Å². The standard InChI is InChI=1S/C14H22N2O3/c1-13(2,14(3,4)17)15-10-9-11-5-7-12(8-6-11)16(18)19/h5-8,15,17H,9-10H2,1-4H3. The number of nitrogens with zero attached hydrogens (tertiary/aromatic N) is 1. The van der Waals surface area contributed by atoms with E-state index in [1.807, 2.05) is 13.8 Å². The highest BCUT2D eigenvalue weighted by Gasteiger charge is 2.33. The van der Waals surface area contributed by atoms with E-state index in [2.05, 4.69) is 5.32 Å². The highest BCUT2D eigenvalue weighted by atomic mass is 16.6. The molecule has 0 aliphatic carbocycles. The molecule has 2 N–H and O–H groups in total. The summed E-state index contributed by atoms with van der Waals surface area (Å²) in [6.45, 7) is 8.14. The maximum absolute atomic E-state index is 10.5. The van der Waals surface area contributed by atoms with Crippen LogP contribution in [0.25, 0.3) is 0 Å². The SMILES string of the molecule is CC(C)(O)C(C)(C)NCCc1ccc([N+](=O)[O-])cc1. The van der Waals surface area contributed by atoms with Crippen molar-refractivity contribution < 1.29 is 10.0 Å². The summed E-state index contributed by atoms with van der Waals surface area (Å²) in [5.41, 5.74) is -0.0749. The van der Waals surface area contributed by atoms with Crippen LogP contribution in [0, 0.1) is 10.1 Å². The van der Waals surface area contributed by atoms with Gasteiger partial charge in [0.25, 0.3) is 5.69 Å². The molecule has 0 bridgehead atoms. The predicted molar refractivity (Wildman–Crippen MR) is 75.2 cm³/mol. The Morgan fingerprint density at radius 3 is 2.16 bits per heavy atom. The zero-order valence-corrected chi connectivity index (χ0v) is 11.9. The van der Waals surface area contributed by atoms with Crippen LogP contribution in [0.15, 0.2) is 24.3 Å². The Morgan fingerprint density at radius 1 is 1.21 bits per heavy atom. The molecular formula is C14H22N2O3. The van der Waals surface area contributed by atoms with Crippen molar-refractivity contribution in [3.8, 4) is 0 Å². The van der Waals surface area contributed by atoms with Gasteiger partial charge in [0.1, 0.15) is 0 Å². The summed E-state index contributed by atoms with van der Waals surface area (Å²) in [5.74, 6) is 0. The molecule has 0 heterocycles. The summed E-state index contributed by atoms with van der Waals surface area (Å²) in [7, 11) is 0. The molecule has 0 saturated heterocycles. The summed E-state index contributed by atoms with van der Waals surface area (Å²) >= 11 is 0. The minimum Gasteiger partial charge on any atom is -0.389 e. The number of benzene rings is 1. The van der Waals surface area contributed by atoms with E-state index in [9.17, 15) is 15.2 Å². The third-order valence-electron chi connectivity index (χ3n) is 3.66. The molecule has 0 spiro atoms. The molecule has 0 unspecified atom stereocenters. The van der Waals surface area contributed by atoms with Crippen LogP contribution in [0.5, 0.6) is 0 Å². The van der Waals surface area contributed by atoms with Crippen LogP contribution in [-0.4, -0.2) is 27.7 Å². The molecule has 5 heteroatoms. The second kappa shape index (κ2) is 5.67. The van der Waals surface area contributed by atoms with E-state index in [1.54, 1.807) is 26.0 Å². The van der Waals surface area contributed by atoms with Gasteiger partial charge < -0.3 is 10.4 Å². The Bertz CT molecular complexity index is 433. The van der Waals surface area contributed by atoms with Gasteiger partial charge in [-0.05, 0) is 46.2 Å². The van der Waals surface area contributed by atoms with Crippen LogP contribution in [0.3, 0.4) is 0 Å².